The van der Waals surface area contributed by atoms with Gasteiger partial charge in [0.2, 0.25) is 0 Å². The van der Waals surface area contributed by atoms with Gasteiger partial charge in [-0.05, 0) is 18.6 Å². The summed E-state index contributed by atoms with van der Waals surface area (Å²) in [7, 11) is 1.56. The lowest BCUT2D eigenvalue weighted by molar-refractivity contribution is -0.141. The molecule has 0 heterocycles. The van der Waals surface area contributed by atoms with Crippen LogP contribution in [-0.2, 0) is 4.79 Å². The molecule has 1 aromatic rings. The number of carbonyl (C=O) groups excluding carboxylic acids is 1. The van der Waals surface area contributed by atoms with Gasteiger partial charge in [0.1, 0.15) is 11.9 Å². The van der Waals surface area contributed by atoms with E-state index in [0.717, 1.165) is 0 Å². The summed E-state index contributed by atoms with van der Waals surface area (Å²) in [5.41, 5.74) is 0. The average molecular weight is 343 g/mol. The van der Waals surface area contributed by atoms with E-state index in [4.69, 9.17) is 21.4 Å². The van der Waals surface area contributed by atoms with E-state index < -0.39 is 11.9 Å². The fourth-order valence-corrected chi connectivity index (χ4v) is 2.08. The highest BCUT2D eigenvalue weighted by Crippen LogP contribution is 2.24. The maximum absolute atomic E-state index is 12.0. The first-order valence-corrected chi connectivity index (χ1v) is 7.85. The maximum Gasteiger partial charge on any atom is 0.317 e. The van der Waals surface area contributed by atoms with E-state index >= 15 is 0 Å². The number of hydrogen-bond acceptors (Lipinski definition) is 3. The van der Waals surface area contributed by atoms with Crippen LogP contribution in [0.2, 0.25) is 5.02 Å². The van der Waals surface area contributed by atoms with Crippen molar-refractivity contribution in [2.75, 3.05) is 20.1 Å². The van der Waals surface area contributed by atoms with Crippen molar-refractivity contribution in [1.29, 1.82) is 0 Å². The topological polar surface area (TPSA) is 78.9 Å². The number of carbonyl (C=O) groups is 2. The molecule has 0 aliphatic heterocycles. The van der Waals surface area contributed by atoms with Gasteiger partial charge in [0.25, 0.3) is 0 Å². The van der Waals surface area contributed by atoms with E-state index in [1.54, 1.807) is 26.1 Å². The normalized spacial score (nSPS) is 13.0. The minimum absolute atomic E-state index is 0.142. The Hall–Kier alpha value is -1.95. The fourth-order valence-electron chi connectivity index (χ4n) is 1.90. The van der Waals surface area contributed by atoms with Gasteiger partial charge in [-0.3, -0.25) is 4.79 Å². The number of nitrogens with zero attached hydrogens (tertiary/aromatic N) is 1. The third-order valence-electron chi connectivity index (χ3n) is 3.38. The number of amides is 2. The lowest BCUT2D eigenvalue weighted by Gasteiger charge is -2.23. The van der Waals surface area contributed by atoms with Crippen molar-refractivity contribution < 1.29 is 19.4 Å². The van der Waals surface area contributed by atoms with E-state index in [-0.39, 0.29) is 18.7 Å². The summed E-state index contributed by atoms with van der Waals surface area (Å²) in [6.07, 6.45) is 0.477. The van der Waals surface area contributed by atoms with Gasteiger partial charge < -0.3 is 20.1 Å². The summed E-state index contributed by atoms with van der Waals surface area (Å²) >= 11 is 6.05. The number of carboxylic acids is 1. The van der Waals surface area contributed by atoms with Crippen molar-refractivity contribution in [1.82, 2.24) is 10.2 Å². The largest absolute Gasteiger partial charge is 0.487 e. The number of carboxylic acid groups (broad SMARTS) is 1. The highest BCUT2D eigenvalue weighted by molar-refractivity contribution is 6.32. The van der Waals surface area contributed by atoms with Crippen LogP contribution in [0.1, 0.15) is 20.3 Å². The zero-order valence-corrected chi connectivity index (χ0v) is 14.3. The van der Waals surface area contributed by atoms with Crippen molar-refractivity contribution in [2.24, 2.45) is 5.92 Å². The lowest BCUT2D eigenvalue weighted by Crippen LogP contribution is -2.44. The molecule has 2 N–H and O–H groups in total. The standard InChI is InChI=1S/C16H23ClN2O4/c1-4-12(23-14-8-6-5-7-13(14)17)9-18-16(22)19(3)10-11(2)15(20)21/h5-8,11-12H,4,9-10H2,1-3H3,(H,18,22)(H,20,21). The number of halogens is 1. The van der Waals surface area contributed by atoms with Gasteiger partial charge in [-0.15, -0.1) is 0 Å². The van der Waals surface area contributed by atoms with Crippen LogP contribution < -0.4 is 10.1 Å². The van der Waals surface area contributed by atoms with Crippen molar-refractivity contribution in [3.63, 3.8) is 0 Å². The van der Waals surface area contributed by atoms with Gasteiger partial charge in [0, 0.05) is 13.6 Å². The number of aliphatic carboxylic acids is 1. The van der Waals surface area contributed by atoms with Gasteiger partial charge in [-0.2, -0.15) is 0 Å². The monoisotopic (exact) mass is 342 g/mol. The summed E-state index contributed by atoms with van der Waals surface area (Å²) in [6.45, 7) is 3.96. The summed E-state index contributed by atoms with van der Waals surface area (Å²) in [4.78, 5) is 24.1. The minimum Gasteiger partial charge on any atom is -0.487 e. The summed E-state index contributed by atoms with van der Waals surface area (Å²) in [6, 6.07) is 6.82. The first kappa shape index (κ1) is 19.1. The zero-order chi connectivity index (χ0) is 17.4. The van der Waals surface area contributed by atoms with Crippen LogP contribution in [0.4, 0.5) is 4.79 Å². The Balaban J connectivity index is 2.49. The molecular weight excluding hydrogens is 320 g/mol. The van der Waals surface area contributed by atoms with Crippen LogP contribution >= 0.6 is 11.6 Å². The van der Waals surface area contributed by atoms with Crippen molar-refractivity contribution in [2.45, 2.75) is 26.4 Å². The molecule has 2 unspecified atom stereocenters. The van der Waals surface area contributed by atoms with Crippen LogP contribution in [0, 0.1) is 5.92 Å². The highest BCUT2D eigenvalue weighted by Gasteiger charge is 2.18. The van der Waals surface area contributed by atoms with E-state index in [9.17, 15) is 9.59 Å². The molecule has 0 saturated carbocycles. The van der Waals surface area contributed by atoms with Gasteiger partial charge in [-0.1, -0.05) is 37.6 Å². The van der Waals surface area contributed by atoms with Crippen LogP contribution in [0.25, 0.3) is 0 Å². The van der Waals surface area contributed by atoms with Crippen LogP contribution in [0.5, 0.6) is 5.75 Å². The molecule has 0 bridgehead atoms. The van der Waals surface area contributed by atoms with Gasteiger partial charge >= 0.3 is 12.0 Å². The molecule has 0 aliphatic carbocycles. The Morgan fingerprint density at radius 3 is 2.61 bits per heavy atom. The van der Waals surface area contributed by atoms with E-state index in [2.05, 4.69) is 5.32 Å². The second-order valence-corrected chi connectivity index (χ2v) is 5.79. The van der Waals surface area contributed by atoms with E-state index in [0.29, 0.717) is 23.7 Å². The van der Waals surface area contributed by atoms with E-state index in [1.165, 1.54) is 4.90 Å². The molecule has 0 aromatic heterocycles. The molecule has 0 radical (unpaired) electrons. The first-order chi connectivity index (χ1) is 10.8. The Bertz CT molecular complexity index is 539. The minimum atomic E-state index is -0.932. The summed E-state index contributed by atoms with van der Waals surface area (Å²) < 4.78 is 5.78. The van der Waals surface area contributed by atoms with Gasteiger partial charge in [-0.25, -0.2) is 4.79 Å². The van der Waals surface area contributed by atoms with Gasteiger partial charge in [0.15, 0.2) is 0 Å². The molecule has 23 heavy (non-hydrogen) atoms. The van der Waals surface area contributed by atoms with Crippen LogP contribution in [-0.4, -0.2) is 48.2 Å². The number of nitrogens with one attached hydrogen (secondary N) is 1. The molecule has 0 aliphatic rings. The van der Waals surface area contributed by atoms with Crippen LogP contribution in [0.15, 0.2) is 24.3 Å². The molecule has 0 fully saturated rings. The second-order valence-electron chi connectivity index (χ2n) is 5.38. The number of rotatable bonds is 8. The number of benzene rings is 1. The average Bonchev–Trinajstić information content (AvgIpc) is 2.52. The molecule has 128 valence electrons. The number of hydrogen-bond donors (Lipinski definition) is 2. The first-order valence-electron chi connectivity index (χ1n) is 7.48. The Labute approximate surface area is 141 Å². The third-order valence-corrected chi connectivity index (χ3v) is 3.69. The Morgan fingerprint density at radius 1 is 1.39 bits per heavy atom. The predicted octanol–water partition coefficient (Wildman–Crippen LogP) is 2.86. The molecule has 1 rings (SSSR count). The number of ether oxygens (including phenoxy) is 1. The summed E-state index contributed by atoms with van der Waals surface area (Å²) in [5.74, 6) is -0.978. The molecule has 7 heteroatoms. The molecular formula is C16H23ClN2O4. The molecule has 2 amide bonds. The number of urea groups is 1. The molecule has 6 nitrogen and oxygen atoms in total. The molecule has 1 aromatic carbocycles. The zero-order valence-electron chi connectivity index (χ0n) is 13.6. The quantitative estimate of drug-likeness (QED) is 0.761. The maximum atomic E-state index is 12.0. The van der Waals surface area contributed by atoms with Crippen LogP contribution in [0.3, 0.4) is 0 Å². The van der Waals surface area contributed by atoms with Crippen molar-refractivity contribution >= 4 is 23.6 Å². The number of para-hydroxylation sites is 1. The van der Waals surface area contributed by atoms with Crippen molar-refractivity contribution in [3.8, 4) is 5.75 Å². The molecule has 0 saturated heterocycles. The smallest absolute Gasteiger partial charge is 0.317 e. The SMILES string of the molecule is CCC(CNC(=O)N(C)CC(C)C(=O)O)Oc1ccccc1Cl. The summed E-state index contributed by atoms with van der Waals surface area (Å²) in [5, 5.41) is 12.1. The van der Waals surface area contributed by atoms with E-state index in [1.807, 2.05) is 19.1 Å². The lowest BCUT2D eigenvalue weighted by atomic mass is 10.2. The fraction of sp³-hybridized carbons (Fsp3) is 0.500. The molecule has 0 spiro atoms. The predicted molar refractivity (Wildman–Crippen MR) is 89.0 cm³/mol. The van der Waals surface area contributed by atoms with Crippen molar-refractivity contribution in [3.05, 3.63) is 29.3 Å². The third kappa shape index (κ3) is 6.36. The second kappa shape index (κ2) is 9.25. The van der Waals surface area contributed by atoms with Gasteiger partial charge in [0.05, 0.1) is 17.5 Å². The highest BCUT2D eigenvalue weighted by atomic mass is 35.5. The Morgan fingerprint density at radius 2 is 2.04 bits per heavy atom. The molecule has 2 atom stereocenters. The Kier molecular flexibility index (Phi) is 7.68.